The summed E-state index contributed by atoms with van der Waals surface area (Å²) in [6.07, 6.45) is 2.01. The second-order valence-electron chi connectivity index (χ2n) is 5.70. The number of hydrogen-bond donors (Lipinski definition) is 2. The Morgan fingerprint density at radius 2 is 1.73 bits per heavy atom. The summed E-state index contributed by atoms with van der Waals surface area (Å²) in [4.78, 5) is 0. The fourth-order valence-electron chi connectivity index (χ4n) is 2.50. The molecule has 22 heavy (non-hydrogen) atoms. The van der Waals surface area contributed by atoms with Gasteiger partial charge in [-0.3, -0.25) is 4.72 Å². The summed E-state index contributed by atoms with van der Waals surface area (Å²) in [6.45, 7) is 0. The number of nitrogens with one attached hydrogen (secondary N) is 1. The summed E-state index contributed by atoms with van der Waals surface area (Å²) in [5.74, 6) is -0.167. The molecule has 0 saturated heterocycles. The lowest BCUT2D eigenvalue weighted by Crippen LogP contribution is -2.10. The average molecular weight is 320 g/mol. The molecule has 0 aromatic heterocycles. The monoisotopic (exact) mass is 320 g/mol. The van der Waals surface area contributed by atoms with E-state index in [-0.39, 0.29) is 11.7 Å². The largest absolute Gasteiger partial charge is 0.327 e. The van der Waals surface area contributed by atoms with Crippen LogP contribution in [-0.4, -0.2) is 20.7 Å². The molecule has 3 N–H and O–H groups in total. The van der Waals surface area contributed by atoms with Gasteiger partial charge in [0.25, 0.3) is 0 Å². The van der Waals surface area contributed by atoms with Crippen LogP contribution >= 0.6 is 0 Å². The first-order valence-electron chi connectivity index (χ1n) is 6.97. The Labute approximate surface area is 129 Å². The number of nitrogens with two attached hydrogens (primary N) is 1. The third-order valence-corrected chi connectivity index (χ3v) is 4.36. The quantitative estimate of drug-likeness (QED) is 0.910. The van der Waals surface area contributed by atoms with E-state index in [4.69, 9.17) is 5.73 Å². The van der Waals surface area contributed by atoms with Crippen LogP contribution in [0.4, 0.5) is 10.1 Å². The van der Waals surface area contributed by atoms with Crippen molar-refractivity contribution in [3.8, 4) is 11.1 Å². The number of anilines is 1. The Hall–Kier alpha value is -1.92. The first-order chi connectivity index (χ1) is 10.3. The van der Waals surface area contributed by atoms with E-state index in [1.54, 1.807) is 6.07 Å². The maximum absolute atomic E-state index is 13.7. The summed E-state index contributed by atoms with van der Waals surface area (Å²) in [6, 6.07) is 12.5. The van der Waals surface area contributed by atoms with E-state index in [0.29, 0.717) is 5.92 Å². The molecule has 0 spiro atoms. The molecule has 2 aromatic carbocycles. The zero-order valence-corrected chi connectivity index (χ0v) is 12.9. The van der Waals surface area contributed by atoms with Crippen molar-refractivity contribution in [2.75, 3.05) is 11.0 Å². The van der Waals surface area contributed by atoms with E-state index >= 15 is 0 Å². The van der Waals surface area contributed by atoms with E-state index in [2.05, 4.69) is 4.72 Å². The minimum atomic E-state index is -3.52. The van der Waals surface area contributed by atoms with Crippen LogP contribution in [-0.2, 0) is 10.0 Å². The van der Waals surface area contributed by atoms with E-state index in [9.17, 15) is 12.8 Å². The molecule has 0 bridgehead atoms. The lowest BCUT2D eigenvalue weighted by Gasteiger charge is -2.09. The predicted molar refractivity (Wildman–Crippen MR) is 85.6 cm³/mol. The van der Waals surface area contributed by atoms with Gasteiger partial charge in [-0.2, -0.15) is 0 Å². The van der Waals surface area contributed by atoms with Crippen molar-refractivity contribution in [2.45, 2.75) is 18.4 Å². The molecular weight excluding hydrogens is 303 g/mol. The van der Waals surface area contributed by atoms with E-state index in [1.807, 2.05) is 24.3 Å². The van der Waals surface area contributed by atoms with Crippen molar-refractivity contribution in [3.63, 3.8) is 0 Å². The zero-order valence-electron chi connectivity index (χ0n) is 12.1. The minimum Gasteiger partial charge on any atom is -0.327 e. The molecule has 2 aromatic rings. The van der Waals surface area contributed by atoms with Crippen molar-refractivity contribution in [2.24, 2.45) is 5.73 Å². The van der Waals surface area contributed by atoms with E-state index in [1.165, 1.54) is 17.7 Å². The number of hydrogen-bond acceptors (Lipinski definition) is 3. The normalized spacial score (nSPS) is 20.7. The maximum Gasteiger partial charge on any atom is 0.229 e. The molecule has 0 amide bonds. The number of benzene rings is 2. The van der Waals surface area contributed by atoms with E-state index < -0.39 is 15.8 Å². The van der Waals surface area contributed by atoms with Crippen LogP contribution < -0.4 is 10.5 Å². The van der Waals surface area contributed by atoms with Gasteiger partial charge >= 0.3 is 0 Å². The molecule has 0 radical (unpaired) electrons. The molecule has 1 fully saturated rings. The Morgan fingerprint density at radius 1 is 1.14 bits per heavy atom. The molecule has 6 heteroatoms. The Bertz CT molecular complexity index is 803. The van der Waals surface area contributed by atoms with Crippen molar-refractivity contribution < 1.29 is 12.8 Å². The van der Waals surface area contributed by atoms with Gasteiger partial charge in [0.05, 0.1) is 11.9 Å². The SMILES string of the molecule is CS(=O)(=O)Nc1cc(-c2ccc(C3CC3N)cc2)ccc1F. The van der Waals surface area contributed by atoms with Gasteiger partial charge in [0.2, 0.25) is 10.0 Å². The average Bonchev–Trinajstić information content (AvgIpc) is 3.17. The van der Waals surface area contributed by atoms with Crippen LogP contribution in [0.2, 0.25) is 0 Å². The highest BCUT2D eigenvalue weighted by molar-refractivity contribution is 7.92. The molecule has 2 atom stereocenters. The van der Waals surface area contributed by atoms with Crippen LogP contribution in [0.25, 0.3) is 11.1 Å². The van der Waals surface area contributed by atoms with Crippen molar-refractivity contribution >= 4 is 15.7 Å². The van der Waals surface area contributed by atoms with Gasteiger partial charge in [-0.25, -0.2) is 12.8 Å². The molecule has 1 aliphatic carbocycles. The van der Waals surface area contributed by atoms with Gasteiger partial charge in [-0.05, 0) is 35.2 Å². The Morgan fingerprint density at radius 3 is 2.27 bits per heavy atom. The van der Waals surface area contributed by atoms with Gasteiger partial charge in [0.1, 0.15) is 5.82 Å². The number of sulfonamides is 1. The minimum absolute atomic E-state index is 0.0479. The number of rotatable bonds is 4. The van der Waals surface area contributed by atoms with Gasteiger partial charge in [0.15, 0.2) is 0 Å². The fourth-order valence-corrected chi connectivity index (χ4v) is 3.06. The molecule has 116 valence electrons. The first kappa shape index (κ1) is 15.0. The predicted octanol–water partition coefficient (Wildman–Crippen LogP) is 2.68. The van der Waals surface area contributed by atoms with Crippen LogP contribution in [0.5, 0.6) is 0 Å². The molecule has 4 nitrogen and oxygen atoms in total. The topological polar surface area (TPSA) is 72.2 Å². The Kier molecular flexibility index (Phi) is 3.66. The highest BCUT2D eigenvalue weighted by Crippen LogP contribution is 2.39. The van der Waals surface area contributed by atoms with E-state index in [0.717, 1.165) is 23.8 Å². The maximum atomic E-state index is 13.7. The third kappa shape index (κ3) is 3.28. The third-order valence-electron chi connectivity index (χ3n) is 3.77. The van der Waals surface area contributed by atoms with Crippen LogP contribution in [0.3, 0.4) is 0 Å². The summed E-state index contributed by atoms with van der Waals surface area (Å²) in [7, 11) is -3.52. The molecule has 3 rings (SSSR count). The van der Waals surface area contributed by atoms with Gasteiger partial charge in [-0.15, -0.1) is 0 Å². The van der Waals surface area contributed by atoms with Crippen molar-refractivity contribution in [1.82, 2.24) is 0 Å². The van der Waals surface area contributed by atoms with Gasteiger partial charge in [-0.1, -0.05) is 30.3 Å². The smallest absolute Gasteiger partial charge is 0.229 e. The molecule has 1 aliphatic rings. The molecular formula is C16H17FN2O2S. The second kappa shape index (κ2) is 5.37. The summed E-state index contributed by atoms with van der Waals surface area (Å²) in [5.41, 5.74) is 8.64. The molecule has 1 saturated carbocycles. The summed E-state index contributed by atoms with van der Waals surface area (Å²) < 4.78 is 38.4. The van der Waals surface area contributed by atoms with Gasteiger partial charge < -0.3 is 5.73 Å². The van der Waals surface area contributed by atoms with Crippen LogP contribution in [0.1, 0.15) is 17.9 Å². The number of halogens is 1. The highest BCUT2D eigenvalue weighted by atomic mass is 32.2. The van der Waals surface area contributed by atoms with Crippen LogP contribution in [0.15, 0.2) is 42.5 Å². The lowest BCUT2D eigenvalue weighted by atomic mass is 10.0. The summed E-state index contributed by atoms with van der Waals surface area (Å²) >= 11 is 0. The second-order valence-corrected chi connectivity index (χ2v) is 7.45. The molecule has 0 heterocycles. The standard InChI is InChI=1S/C16H17FN2O2S/c1-22(20,21)19-16-8-12(6-7-14(16)17)10-2-4-11(5-3-10)13-9-15(13)18/h2-8,13,15,19H,9,18H2,1H3. The van der Waals surface area contributed by atoms with Crippen molar-refractivity contribution in [3.05, 3.63) is 53.8 Å². The molecule has 0 aliphatic heterocycles. The van der Waals surface area contributed by atoms with Crippen LogP contribution in [0, 0.1) is 5.82 Å². The Balaban J connectivity index is 1.89. The highest BCUT2D eigenvalue weighted by Gasteiger charge is 2.34. The van der Waals surface area contributed by atoms with Crippen molar-refractivity contribution in [1.29, 1.82) is 0 Å². The van der Waals surface area contributed by atoms with Gasteiger partial charge in [0, 0.05) is 12.0 Å². The lowest BCUT2D eigenvalue weighted by molar-refractivity contribution is 0.604. The molecule has 2 unspecified atom stereocenters. The fraction of sp³-hybridized carbons (Fsp3) is 0.250. The first-order valence-corrected chi connectivity index (χ1v) is 8.86. The zero-order chi connectivity index (χ0) is 15.9. The summed E-state index contributed by atoms with van der Waals surface area (Å²) in [5, 5.41) is 0.